The van der Waals surface area contributed by atoms with Crippen LogP contribution in [0.2, 0.25) is 0 Å². The summed E-state index contributed by atoms with van der Waals surface area (Å²) in [4.78, 5) is 13.1. The van der Waals surface area contributed by atoms with Crippen LogP contribution in [-0.4, -0.2) is 35.6 Å². The van der Waals surface area contributed by atoms with Gasteiger partial charge >= 0.3 is 5.97 Å². The van der Waals surface area contributed by atoms with E-state index in [1.165, 1.54) is 0 Å². The molecule has 1 aliphatic rings. The molecule has 4 nitrogen and oxygen atoms in total. The van der Waals surface area contributed by atoms with Crippen molar-refractivity contribution in [3.8, 4) is 0 Å². The number of aliphatic carboxylic acids is 1. The first-order valence-electron chi connectivity index (χ1n) is 6.04. The molecule has 0 radical (unpaired) electrons. The molecule has 3 N–H and O–H groups in total. The summed E-state index contributed by atoms with van der Waals surface area (Å²) in [6.07, 6.45) is 0.711. The molecule has 0 saturated carbocycles. The van der Waals surface area contributed by atoms with E-state index >= 15 is 0 Å². The second-order valence-electron chi connectivity index (χ2n) is 4.62. The molecule has 1 heterocycles. The maximum absolute atomic E-state index is 11.0. The van der Waals surface area contributed by atoms with Crippen LogP contribution < -0.4 is 5.73 Å². The number of carboxylic acids is 1. The minimum Gasteiger partial charge on any atom is -0.481 e. The lowest BCUT2D eigenvalue weighted by Gasteiger charge is -2.26. The number of nitrogens with two attached hydrogens (primary N) is 1. The van der Waals surface area contributed by atoms with E-state index < -0.39 is 5.97 Å². The Morgan fingerprint density at radius 2 is 2.17 bits per heavy atom. The molecular formula is C13H17BrN2O2. The molecule has 1 aromatic carbocycles. The van der Waals surface area contributed by atoms with Gasteiger partial charge < -0.3 is 10.8 Å². The van der Waals surface area contributed by atoms with E-state index in [4.69, 9.17) is 10.8 Å². The minimum atomic E-state index is -0.705. The summed E-state index contributed by atoms with van der Waals surface area (Å²) >= 11 is 3.41. The number of rotatable bonds is 4. The zero-order valence-corrected chi connectivity index (χ0v) is 11.6. The highest BCUT2D eigenvalue weighted by Gasteiger charge is 2.32. The number of hydrogen-bond acceptors (Lipinski definition) is 3. The van der Waals surface area contributed by atoms with E-state index in [-0.39, 0.29) is 12.0 Å². The molecule has 1 aliphatic heterocycles. The fraction of sp³-hybridized carbons (Fsp3) is 0.462. The van der Waals surface area contributed by atoms with Crippen LogP contribution in [0.3, 0.4) is 0 Å². The van der Waals surface area contributed by atoms with Gasteiger partial charge in [-0.05, 0) is 30.7 Å². The van der Waals surface area contributed by atoms with Crippen LogP contribution in [0.15, 0.2) is 28.7 Å². The van der Waals surface area contributed by atoms with Gasteiger partial charge in [-0.2, -0.15) is 0 Å². The van der Waals surface area contributed by atoms with Crippen LogP contribution in [0.4, 0.5) is 0 Å². The second kappa shape index (κ2) is 5.82. The quantitative estimate of drug-likeness (QED) is 0.890. The van der Waals surface area contributed by atoms with E-state index in [1.54, 1.807) is 0 Å². The van der Waals surface area contributed by atoms with Crippen LogP contribution in [-0.2, 0) is 4.79 Å². The number of halogens is 1. The number of nitrogens with zero attached hydrogens (tertiary/aromatic N) is 1. The molecule has 0 bridgehead atoms. The summed E-state index contributed by atoms with van der Waals surface area (Å²) in [6, 6.07) is 8.17. The Bertz CT molecular complexity index is 422. The fourth-order valence-corrected chi connectivity index (χ4v) is 2.72. The predicted molar refractivity (Wildman–Crippen MR) is 73.3 cm³/mol. The predicted octanol–water partition coefficient (Wildman–Crippen LogP) is 1.86. The number of carboxylic acid groups (broad SMARTS) is 1. The molecular weight excluding hydrogens is 296 g/mol. The van der Waals surface area contributed by atoms with Gasteiger partial charge in [-0.15, -0.1) is 0 Å². The van der Waals surface area contributed by atoms with Gasteiger partial charge in [0.2, 0.25) is 0 Å². The molecule has 0 amide bonds. The largest absolute Gasteiger partial charge is 0.481 e. The van der Waals surface area contributed by atoms with Crippen LogP contribution in [0.25, 0.3) is 0 Å². The van der Waals surface area contributed by atoms with Gasteiger partial charge in [0.15, 0.2) is 0 Å². The van der Waals surface area contributed by atoms with Gasteiger partial charge in [0.1, 0.15) is 0 Å². The zero-order chi connectivity index (χ0) is 13.1. The van der Waals surface area contributed by atoms with E-state index in [9.17, 15) is 4.79 Å². The third-order valence-corrected chi connectivity index (χ3v) is 4.02. The van der Waals surface area contributed by atoms with Gasteiger partial charge in [-0.3, -0.25) is 9.69 Å². The van der Waals surface area contributed by atoms with E-state index in [0.717, 1.165) is 16.6 Å². The van der Waals surface area contributed by atoms with Gasteiger partial charge in [-0.1, -0.05) is 28.1 Å². The maximum atomic E-state index is 11.0. The van der Waals surface area contributed by atoms with Crippen LogP contribution in [0, 0.1) is 5.92 Å². The maximum Gasteiger partial charge on any atom is 0.307 e. The first-order chi connectivity index (χ1) is 8.61. The first kappa shape index (κ1) is 13.5. The van der Waals surface area contributed by atoms with Crippen molar-refractivity contribution in [2.24, 2.45) is 11.7 Å². The number of likely N-dealkylation sites (tertiary alicyclic amines) is 1. The number of benzene rings is 1. The molecule has 0 aliphatic carbocycles. The normalized spacial score (nSPS) is 22.0. The average Bonchev–Trinajstić information content (AvgIpc) is 2.82. The average molecular weight is 313 g/mol. The van der Waals surface area contributed by atoms with Gasteiger partial charge in [0, 0.05) is 23.6 Å². The summed E-state index contributed by atoms with van der Waals surface area (Å²) in [7, 11) is 0. The molecule has 2 unspecified atom stereocenters. The van der Waals surface area contributed by atoms with Crippen molar-refractivity contribution in [2.45, 2.75) is 12.5 Å². The molecule has 2 rings (SSSR count). The van der Waals surface area contributed by atoms with Gasteiger partial charge in [0.25, 0.3) is 0 Å². The Morgan fingerprint density at radius 3 is 2.67 bits per heavy atom. The molecule has 18 heavy (non-hydrogen) atoms. The minimum absolute atomic E-state index is 0.113. The second-order valence-corrected chi connectivity index (χ2v) is 5.54. The highest BCUT2D eigenvalue weighted by atomic mass is 79.9. The lowest BCUT2D eigenvalue weighted by molar-refractivity contribution is -0.141. The third-order valence-electron chi connectivity index (χ3n) is 3.49. The van der Waals surface area contributed by atoms with Crippen LogP contribution in [0.1, 0.15) is 18.0 Å². The Hall–Kier alpha value is -0.910. The Morgan fingerprint density at radius 1 is 1.50 bits per heavy atom. The lowest BCUT2D eigenvalue weighted by Crippen LogP contribution is -2.32. The van der Waals surface area contributed by atoms with E-state index in [1.807, 2.05) is 24.3 Å². The number of hydrogen-bond donors (Lipinski definition) is 2. The summed E-state index contributed by atoms with van der Waals surface area (Å²) in [5.74, 6) is -0.960. The topological polar surface area (TPSA) is 66.6 Å². The molecule has 0 aromatic heterocycles. The Balaban J connectivity index is 2.10. The van der Waals surface area contributed by atoms with Crippen molar-refractivity contribution in [3.63, 3.8) is 0 Å². The highest BCUT2D eigenvalue weighted by molar-refractivity contribution is 9.10. The summed E-state index contributed by atoms with van der Waals surface area (Å²) in [5.41, 5.74) is 6.99. The van der Waals surface area contributed by atoms with E-state index in [2.05, 4.69) is 20.8 Å². The molecule has 5 heteroatoms. The Labute approximate surface area is 115 Å². The van der Waals surface area contributed by atoms with Crippen molar-refractivity contribution in [2.75, 3.05) is 19.6 Å². The molecule has 2 atom stereocenters. The van der Waals surface area contributed by atoms with Gasteiger partial charge in [-0.25, -0.2) is 0 Å². The molecule has 98 valence electrons. The van der Waals surface area contributed by atoms with E-state index in [0.29, 0.717) is 19.5 Å². The Kier molecular flexibility index (Phi) is 4.37. The summed E-state index contributed by atoms with van der Waals surface area (Å²) in [6.45, 7) is 1.90. The number of carbonyl (C=O) groups is 1. The SMILES string of the molecule is NCC(c1ccc(Br)cc1)N1CCC(C(=O)O)C1. The molecule has 1 saturated heterocycles. The lowest BCUT2D eigenvalue weighted by atomic mass is 10.1. The smallest absolute Gasteiger partial charge is 0.307 e. The molecule has 0 spiro atoms. The van der Waals surface area contributed by atoms with Gasteiger partial charge in [0.05, 0.1) is 5.92 Å². The monoisotopic (exact) mass is 312 g/mol. The van der Waals surface area contributed by atoms with Crippen molar-refractivity contribution in [3.05, 3.63) is 34.3 Å². The highest BCUT2D eigenvalue weighted by Crippen LogP contribution is 2.27. The van der Waals surface area contributed by atoms with Crippen LogP contribution in [0.5, 0.6) is 0 Å². The van der Waals surface area contributed by atoms with Crippen molar-refractivity contribution in [1.82, 2.24) is 4.90 Å². The molecule has 1 aromatic rings. The standard InChI is InChI=1S/C13H17BrN2O2/c14-11-3-1-9(2-4-11)12(7-15)16-6-5-10(8-16)13(17)18/h1-4,10,12H,5-8,15H2,(H,17,18). The van der Waals surface area contributed by atoms with Crippen molar-refractivity contribution < 1.29 is 9.90 Å². The fourth-order valence-electron chi connectivity index (χ4n) is 2.45. The summed E-state index contributed by atoms with van der Waals surface area (Å²) < 4.78 is 1.03. The zero-order valence-electron chi connectivity index (χ0n) is 10.1. The van der Waals surface area contributed by atoms with Crippen molar-refractivity contribution >= 4 is 21.9 Å². The third kappa shape index (κ3) is 2.91. The summed E-state index contributed by atoms with van der Waals surface area (Å²) in [5, 5.41) is 9.03. The van der Waals surface area contributed by atoms with Crippen LogP contribution >= 0.6 is 15.9 Å². The molecule has 1 fully saturated rings. The van der Waals surface area contributed by atoms with Crippen molar-refractivity contribution in [1.29, 1.82) is 0 Å². The first-order valence-corrected chi connectivity index (χ1v) is 6.83.